The minimum absolute atomic E-state index is 0.185. The highest BCUT2D eigenvalue weighted by Gasteiger charge is 2.14. The SMILES string of the molecule is CC(C)(C)SC#C/C=C(\Sc1ccccc1)SC(C)(C)C. The molecule has 0 aromatic heterocycles. The van der Waals surface area contributed by atoms with E-state index in [1.807, 2.05) is 23.9 Å². The molecule has 0 nitrogen and oxygen atoms in total. The van der Waals surface area contributed by atoms with Gasteiger partial charge in [-0.15, -0.1) is 11.8 Å². The summed E-state index contributed by atoms with van der Waals surface area (Å²) in [4.78, 5) is 1.26. The Balaban J connectivity index is 2.82. The van der Waals surface area contributed by atoms with E-state index in [1.54, 1.807) is 23.5 Å². The molecule has 0 atom stereocenters. The standard InChI is InChI=1S/C18H24S3/c1-17(2,3)19-14-10-13-16(21-18(4,5)6)20-15-11-8-7-9-12-15/h7-9,11-13H,1-6H3/b16-13+. The fraction of sp³-hybridized carbons (Fsp3) is 0.444. The molecule has 0 amide bonds. The fourth-order valence-electron chi connectivity index (χ4n) is 1.26. The summed E-state index contributed by atoms with van der Waals surface area (Å²) in [6.45, 7) is 13.2. The lowest BCUT2D eigenvalue weighted by Gasteiger charge is -2.19. The van der Waals surface area contributed by atoms with E-state index < -0.39 is 0 Å². The van der Waals surface area contributed by atoms with Gasteiger partial charge in [-0.1, -0.05) is 89.2 Å². The molecule has 0 aliphatic heterocycles. The Hall–Kier alpha value is -0.430. The van der Waals surface area contributed by atoms with Gasteiger partial charge in [0.2, 0.25) is 0 Å². The third kappa shape index (κ3) is 10.0. The van der Waals surface area contributed by atoms with E-state index in [2.05, 4.69) is 77.0 Å². The quantitative estimate of drug-likeness (QED) is 0.448. The van der Waals surface area contributed by atoms with Crippen LogP contribution < -0.4 is 0 Å². The average Bonchev–Trinajstić information content (AvgIpc) is 2.33. The molecule has 114 valence electrons. The van der Waals surface area contributed by atoms with Gasteiger partial charge in [0.1, 0.15) is 0 Å². The van der Waals surface area contributed by atoms with Crippen LogP contribution in [-0.2, 0) is 0 Å². The van der Waals surface area contributed by atoms with Crippen LogP contribution in [0.1, 0.15) is 41.5 Å². The molecule has 3 heteroatoms. The largest absolute Gasteiger partial charge is 0.112 e. The van der Waals surface area contributed by atoms with Crippen molar-refractivity contribution in [2.24, 2.45) is 0 Å². The monoisotopic (exact) mass is 336 g/mol. The van der Waals surface area contributed by atoms with E-state index in [1.165, 1.54) is 9.13 Å². The van der Waals surface area contributed by atoms with Crippen LogP contribution in [0.15, 0.2) is 45.5 Å². The van der Waals surface area contributed by atoms with Gasteiger partial charge in [-0.25, -0.2) is 0 Å². The number of allylic oxidation sites excluding steroid dienone is 1. The molecule has 0 aliphatic carbocycles. The van der Waals surface area contributed by atoms with Crippen molar-refractivity contribution < 1.29 is 0 Å². The minimum Gasteiger partial charge on any atom is -0.112 e. The van der Waals surface area contributed by atoms with Crippen molar-refractivity contribution in [1.82, 2.24) is 0 Å². The number of benzene rings is 1. The van der Waals surface area contributed by atoms with Crippen molar-refractivity contribution in [3.8, 4) is 11.2 Å². The zero-order valence-corrected chi connectivity index (χ0v) is 16.1. The van der Waals surface area contributed by atoms with Crippen LogP contribution >= 0.6 is 35.3 Å². The second-order valence-corrected chi connectivity index (χ2v) is 11.4. The molecule has 0 heterocycles. The van der Waals surface area contributed by atoms with Crippen LogP contribution in [0.5, 0.6) is 0 Å². The number of rotatable bonds is 3. The summed E-state index contributed by atoms with van der Waals surface area (Å²) in [5.74, 6) is 3.19. The maximum atomic E-state index is 3.19. The lowest BCUT2D eigenvalue weighted by molar-refractivity contribution is 0.807. The van der Waals surface area contributed by atoms with Gasteiger partial charge in [0, 0.05) is 20.5 Å². The van der Waals surface area contributed by atoms with Gasteiger partial charge < -0.3 is 0 Å². The molecular weight excluding hydrogens is 312 g/mol. The molecule has 0 bridgehead atoms. The van der Waals surface area contributed by atoms with Crippen molar-refractivity contribution in [2.45, 2.75) is 55.9 Å². The second-order valence-electron chi connectivity index (χ2n) is 6.55. The van der Waals surface area contributed by atoms with Crippen LogP contribution in [0, 0.1) is 11.2 Å². The van der Waals surface area contributed by atoms with Crippen molar-refractivity contribution in [3.05, 3.63) is 40.6 Å². The molecule has 1 rings (SSSR count). The second kappa shape index (κ2) is 8.27. The normalized spacial score (nSPS) is 12.8. The van der Waals surface area contributed by atoms with Crippen LogP contribution in [-0.4, -0.2) is 9.49 Å². The van der Waals surface area contributed by atoms with Gasteiger partial charge in [0.25, 0.3) is 0 Å². The molecule has 0 N–H and O–H groups in total. The highest BCUT2D eigenvalue weighted by molar-refractivity contribution is 8.22. The Morgan fingerprint density at radius 1 is 0.952 bits per heavy atom. The maximum Gasteiger partial charge on any atom is 0.0539 e. The molecule has 1 aromatic carbocycles. The zero-order chi connectivity index (χ0) is 15.9. The highest BCUT2D eigenvalue weighted by Crippen LogP contribution is 2.41. The first kappa shape index (κ1) is 18.6. The summed E-state index contributed by atoms with van der Waals surface area (Å²) in [6.07, 6.45) is 2.05. The summed E-state index contributed by atoms with van der Waals surface area (Å²) in [5, 5.41) is 3.19. The molecular formula is C18H24S3. The van der Waals surface area contributed by atoms with Crippen LogP contribution in [0.4, 0.5) is 0 Å². The van der Waals surface area contributed by atoms with Crippen LogP contribution in [0.2, 0.25) is 0 Å². The molecule has 0 spiro atoms. The molecule has 0 saturated heterocycles. The predicted octanol–water partition coefficient (Wildman–Crippen LogP) is 6.64. The van der Waals surface area contributed by atoms with Gasteiger partial charge in [-0.2, -0.15) is 0 Å². The van der Waals surface area contributed by atoms with Gasteiger partial charge >= 0.3 is 0 Å². The Labute approximate surface area is 142 Å². The number of hydrogen-bond donors (Lipinski definition) is 0. The van der Waals surface area contributed by atoms with Crippen molar-refractivity contribution in [1.29, 1.82) is 0 Å². The summed E-state index contributed by atoms with van der Waals surface area (Å²) >= 11 is 5.33. The Kier molecular flexibility index (Phi) is 7.33. The van der Waals surface area contributed by atoms with Gasteiger partial charge in [-0.3, -0.25) is 0 Å². The van der Waals surface area contributed by atoms with E-state index in [0.29, 0.717) is 0 Å². The maximum absolute atomic E-state index is 3.19. The summed E-state index contributed by atoms with van der Waals surface area (Å²) in [5.41, 5.74) is 0. The number of hydrogen-bond acceptors (Lipinski definition) is 3. The third-order valence-corrected chi connectivity index (χ3v) is 5.07. The zero-order valence-electron chi connectivity index (χ0n) is 13.7. The third-order valence-electron chi connectivity index (χ3n) is 1.97. The molecule has 0 saturated carbocycles. The van der Waals surface area contributed by atoms with E-state index in [4.69, 9.17) is 0 Å². The first-order valence-electron chi connectivity index (χ1n) is 6.96. The lowest BCUT2D eigenvalue weighted by Crippen LogP contribution is -2.06. The summed E-state index contributed by atoms with van der Waals surface area (Å²) in [7, 11) is 0. The minimum atomic E-state index is 0.185. The fourth-order valence-corrected chi connectivity index (χ4v) is 4.25. The van der Waals surface area contributed by atoms with Crippen molar-refractivity contribution in [3.63, 3.8) is 0 Å². The average molecular weight is 337 g/mol. The summed E-state index contributed by atoms with van der Waals surface area (Å²) in [6, 6.07) is 10.5. The van der Waals surface area contributed by atoms with Gasteiger partial charge in [-0.05, 0) is 17.4 Å². The van der Waals surface area contributed by atoms with Gasteiger partial charge in [0.15, 0.2) is 0 Å². The van der Waals surface area contributed by atoms with Crippen molar-refractivity contribution >= 4 is 35.3 Å². The van der Waals surface area contributed by atoms with Crippen molar-refractivity contribution in [2.75, 3.05) is 0 Å². The molecule has 1 aromatic rings. The van der Waals surface area contributed by atoms with Crippen LogP contribution in [0.3, 0.4) is 0 Å². The molecule has 0 radical (unpaired) electrons. The van der Waals surface area contributed by atoms with Gasteiger partial charge in [0.05, 0.1) is 4.24 Å². The first-order valence-corrected chi connectivity index (χ1v) is 9.41. The van der Waals surface area contributed by atoms with E-state index >= 15 is 0 Å². The van der Waals surface area contributed by atoms with Crippen LogP contribution in [0.25, 0.3) is 0 Å². The summed E-state index contributed by atoms with van der Waals surface area (Å²) < 4.78 is 1.62. The Morgan fingerprint density at radius 2 is 1.57 bits per heavy atom. The van der Waals surface area contributed by atoms with E-state index in [-0.39, 0.29) is 9.49 Å². The molecule has 0 unspecified atom stereocenters. The first-order chi connectivity index (χ1) is 9.66. The molecule has 0 fully saturated rings. The molecule has 0 aliphatic rings. The number of thioether (sulfide) groups is 3. The Morgan fingerprint density at radius 3 is 2.10 bits per heavy atom. The Bertz CT molecular complexity index is 520. The predicted molar refractivity (Wildman–Crippen MR) is 103 cm³/mol. The van der Waals surface area contributed by atoms with E-state index in [0.717, 1.165) is 0 Å². The molecule has 21 heavy (non-hydrogen) atoms. The lowest BCUT2D eigenvalue weighted by atomic mass is 10.3. The smallest absolute Gasteiger partial charge is 0.0539 e. The van der Waals surface area contributed by atoms with E-state index in [9.17, 15) is 0 Å². The highest BCUT2D eigenvalue weighted by atomic mass is 32.2. The topological polar surface area (TPSA) is 0 Å².